The van der Waals surface area contributed by atoms with Gasteiger partial charge >= 0.3 is 0 Å². The van der Waals surface area contributed by atoms with Crippen LogP contribution in [0.4, 0.5) is 0 Å². The molecule has 5 rings (SSSR count). The molecule has 0 bridgehead atoms. The molecular formula is C27H22Cl2N6O2. The van der Waals surface area contributed by atoms with E-state index in [0.717, 1.165) is 5.56 Å². The van der Waals surface area contributed by atoms with Gasteiger partial charge in [-0.1, -0.05) is 29.3 Å². The van der Waals surface area contributed by atoms with E-state index in [1.165, 1.54) is 6.20 Å². The number of amides is 1. The van der Waals surface area contributed by atoms with Crippen LogP contribution in [-0.2, 0) is 0 Å². The lowest BCUT2D eigenvalue weighted by Gasteiger charge is -2.25. The summed E-state index contributed by atoms with van der Waals surface area (Å²) < 4.78 is 7.79. The number of carbonyl (C=O) groups excluding carboxylic acids is 1. The van der Waals surface area contributed by atoms with Gasteiger partial charge in [0, 0.05) is 55.8 Å². The second-order valence-electron chi connectivity index (χ2n) is 8.83. The number of pyridine rings is 2. The summed E-state index contributed by atoms with van der Waals surface area (Å²) >= 11 is 12.5. The minimum Gasteiger partial charge on any atom is -0.474 e. The maximum Gasteiger partial charge on any atom is 0.255 e. The fourth-order valence-electron chi connectivity index (χ4n) is 4.60. The average molecular weight is 533 g/mol. The van der Waals surface area contributed by atoms with Gasteiger partial charge in [-0.2, -0.15) is 10.4 Å². The molecule has 3 atom stereocenters. The van der Waals surface area contributed by atoms with Crippen molar-refractivity contribution in [3.05, 3.63) is 100 Å². The Morgan fingerprint density at radius 3 is 2.62 bits per heavy atom. The number of hydrogen-bond acceptors (Lipinski definition) is 6. The van der Waals surface area contributed by atoms with Crippen molar-refractivity contribution in [2.75, 3.05) is 13.1 Å². The Morgan fingerprint density at radius 2 is 1.97 bits per heavy atom. The van der Waals surface area contributed by atoms with Gasteiger partial charge in [-0.3, -0.25) is 4.79 Å². The number of nitrogens with zero attached hydrogens (tertiary/aromatic N) is 6. The normalized spacial score (nSPS) is 17.8. The third-order valence-electron chi connectivity index (χ3n) is 6.53. The van der Waals surface area contributed by atoms with E-state index in [1.807, 2.05) is 30.0 Å². The lowest BCUT2D eigenvalue weighted by molar-refractivity contribution is 0.0769. The number of hydrogen-bond donors (Lipinski definition) is 0. The van der Waals surface area contributed by atoms with Crippen LogP contribution in [-0.4, -0.2) is 49.7 Å². The first-order valence-electron chi connectivity index (χ1n) is 11.7. The molecule has 0 N–H and O–H groups in total. The fourth-order valence-corrected chi connectivity index (χ4v) is 4.90. The van der Waals surface area contributed by atoms with Gasteiger partial charge in [0.1, 0.15) is 12.2 Å². The van der Waals surface area contributed by atoms with Crippen molar-refractivity contribution in [2.45, 2.75) is 18.9 Å². The van der Waals surface area contributed by atoms with Crippen molar-refractivity contribution in [1.82, 2.24) is 24.6 Å². The number of aromatic nitrogens is 4. The first-order valence-corrected chi connectivity index (χ1v) is 12.4. The summed E-state index contributed by atoms with van der Waals surface area (Å²) in [6.07, 6.45) is 6.23. The van der Waals surface area contributed by atoms with Crippen molar-refractivity contribution in [3.8, 4) is 17.8 Å². The average Bonchev–Trinajstić information content (AvgIpc) is 3.61. The van der Waals surface area contributed by atoms with Gasteiger partial charge in [0.25, 0.3) is 5.91 Å². The van der Waals surface area contributed by atoms with Crippen molar-refractivity contribution in [3.63, 3.8) is 0 Å². The van der Waals surface area contributed by atoms with Crippen LogP contribution in [0.15, 0.2) is 73.3 Å². The molecule has 1 aromatic carbocycles. The van der Waals surface area contributed by atoms with E-state index in [9.17, 15) is 4.79 Å². The Bertz CT molecular complexity index is 1440. The Kier molecular flexibility index (Phi) is 7.08. The molecule has 4 heterocycles. The Balaban J connectivity index is 1.39. The summed E-state index contributed by atoms with van der Waals surface area (Å²) in [4.78, 5) is 23.9. The molecule has 3 unspecified atom stereocenters. The molecule has 10 heteroatoms. The van der Waals surface area contributed by atoms with Gasteiger partial charge in [-0.15, -0.1) is 0 Å². The lowest BCUT2D eigenvalue weighted by Crippen LogP contribution is -2.32. The molecule has 0 spiro atoms. The van der Waals surface area contributed by atoms with Gasteiger partial charge in [-0.25, -0.2) is 14.6 Å². The number of nitriles is 1. The Morgan fingerprint density at radius 1 is 1.11 bits per heavy atom. The minimum absolute atomic E-state index is 0.0385. The molecule has 1 amide bonds. The highest BCUT2D eigenvalue weighted by molar-refractivity contribution is 6.42. The van der Waals surface area contributed by atoms with Crippen LogP contribution in [0.3, 0.4) is 0 Å². The molecule has 0 saturated carbocycles. The molecule has 1 fully saturated rings. The molecule has 1 saturated heterocycles. The van der Waals surface area contributed by atoms with Gasteiger partial charge < -0.3 is 9.64 Å². The molecule has 37 heavy (non-hydrogen) atoms. The van der Waals surface area contributed by atoms with Crippen LogP contribution in [0, 0.1) is 17.2 Å². The van der Waals surface area contributed by atoms with E-state index >= 15 is 0 Å². The van der Waals surface area contributed by atoms with Crippen molar-refractivity contribution in [1.29, 1.82) is 5.26 Å². The third-order valence-corrected chi connectivity index (χ3v) is 7.27. The molecule has 1 aliphatic rings. The third kappa shape index (κ3) is 5.29. The monoisotopic (exact) mass is 532 g/mol. The van der Waals surface area contributed by atoms with Crippen LogP contribution >= 0.6 is 23.2 Å². The van der Waals surface area contributed by atoms with E-state index in [-0.39, 0.29) is 23.8 Å². The summed E-state index contributed by atoms with van der Waals surface area (Å²) in [5, 5.41) is 14.1. The number of rotatable bonds is 6. The summed E-state index contributed by atoms with van der Waals surface area (Å²) in [6, 6.07) is 16.3. The summed E-state index contributed by atoms with van der Waals surface area (Å²) in [6.45, 7) is 2.92. The predicted molar refractivity (Wildman–Crippen MR) is 139 cm³/mol. The van der Waals surface area contributed by atoms with E-state index < -0.39 is 0 Å². The zero-order valence-electron chi connectivity index (χ0n) is 19.8. The van der Waals surface area contributed by atoms with Crippen LogP contribution in [0.1, 0.15) is 34.3 Å². The quantitative estimate of drug-likeness (QED) is 0.340. The lowest BCUT2D eigenvalue weighted by atomic mass is 9.86. The first-order chi connectivity index (χ1) is 17.9. The largest absolute Gasteiger partial charge is 0.474 e. The second-order valence-corrected chi connectivity index (χ2v) is 9.64. The molecule has 0 radical (unpaired) electrons. The number of benzene rings is 1. The zero-order valence-corrected chi connectivity index (χ0v) is 21.3. The maximum absolute atomic E-state index is 13.5. The fraction of sp³-hybridized carbons (Fsp3) is 0.222. The SMILES string of the molecule is CC(Oc1ccc(C#N)cn1)C1CN(C(=O)c2ccc(-n3cccn3)nc2)CC1c1ccc(Cl)c(Cl)c1. The van der Waals surface area contributed by atoms with Crippen molar-refractivity contribution >= 4 is 29.1 Å². The number of carbonyl (C=O) groups is 1. The van der Waals surface area contributed by atoms with E-state index in [4.69, 9.17) is 33.2 Å². The van der Waals surface area contributed by atoms with E-state index in [2.05, 4.69) is 21.1 Å². The standard InChI is InChI=1S/C27H22Cl2N6O2/c1-17(37-26-8-3-18(12-30)13-32-26)21-15-34(16-22(21)19-4-6-23(28)24(29)11-19)27(36)20-5-7-25(31-14-20)35-10-2-9-33-35/h2-11,13-14,17,21-22H,15-16H2,1H3. The summed E-state index contributed by atoms with van der Waals surface area (Å²) in [5.41, 5.74) is 1.93. The minimum atomic E-state index is -0.280. The van der Waals surface area contributed by atoms with Crippen LogP contribution < -0.4 is 4.74 Å². The van der Waals surface area contributed by atoms with Crippen LogP contribution in [0.25, 0.3) is 5.82 Å². The van der Waals surface area contributed by atoms with Crippen molar-refractivity contribution < 1.29 is 9.53 Å². The van der Waals surface area contributed by atoms with Crippen molar-refractivity contribution in [2.24, 2.45) is 5.92 Å². The van der Waals surface area contributed by atoms with E-state index in [1.54, 1.807) is 53.6 Å². The highest BCUT2D eigenvalue weighted by Crippen LogP contribution is 2.38. The van der Waals surface area contributed by atoms with Gasteiger partial charge in [-0.05, 0) is 48.9 Å². The molecule has 0 aliphatic carbocycles. The summed E-state index contributed by atoms with van der Waals surface area (Å²) in [5.74, 6) is 0.850. The molecule has 4 aromatic rings. The molecule has 186 valence electrons. The number of likely N-dealkylation sites (tertiary alicyclic amines) is 1. The van der Waals surface area contributed by atoms with Crippen LogP contribution in [0.5, 0.6) is 5.88 Å². The predicted octanol–water partition coefficient (Wildman–Crippen LogP) is 5.16. The molecular weight excluding hydrogens is 511 g/mol. The second kappa shape index (κ2) is 10.6. The Labute approximate surface area is 224 Å². The number of halogens is 2. The smallest absolute Gasteiger partial charge is 0.255 e. The topological polar surface area (TPSA) is 96.9 Å². The number of ether oxygens (including phenoxy) is 1. The zero-order chi connectivity index (χ0) is 25.9. The van der Waals surface area contributed by atoms with Gasteiger partial charge in [0.15, 0.2) is 5.82 Å². The summed E-state index contributed by atoms with van der Waals surface area (Å²) in [7, 11) is 0. The van der Waals surface area contributed by atoms with E-state index in [0.29, 0.717) is 46.0 Å². The van der Waals surface area contributed by atoms with Gasteiger partial charge in [0.05, 0.1) is 21.2 Å². The maximum atomic E-state index is 13.5. The highest BCUT2D eigenvalue weighted by atomic mass is 35.5. The first kappa shape index (κ1) is 24.8. The molecule has 1 aliphatic heterocycles. The highest BCUT2D eigenvalue weighted by Gasteiger charge is 2.40. The molecule has 3 aromatic heterocycles. The molecule has 8 nitrogen and oxygen atoms in total. The Hall–Kier alpha value is -3.93. The van der Waals surface area contributed by atoms with Gasteiger partial charge in [0.2, 0.25) is 5.88 Å². The van der Waals surface area contributed by atoms with Crippen LogP contribution in [0.2, 0.25) is 10.0 Å².